The molecule has 84 valence electrons. The highest BCUT2D eigenvalue weighted by Crippen LogP contribution is 2.28. The molecule has 15 heavy (non-hydrogen) atoms. The number of nitrogens with zero attached hydrogens (tertiary/aromatic N) is 2. The van der Waals surface area contributed by atoms with E-state index in [1.807, 2.05) is 7.05 Å². The first-order valence-electron chi connectivity index (χ1n) is 4.46. The molecule has 0 saturated heterocycles. The molecule has 0 aliphatic carbocycles. The van der Waals surface area contributed by atoms with Crippen molar-refractivity contribution in [1.29, 1.82) is 4.78 Å². The summed E-state index contributed by atoms with van der Waals surface area (Å²) in [6, 6.07) is 0. The molecular weight excluding hydrogens is 218 g/mol. The van der Waals surface area contributed by atoms with Crippen LogP contribution in [-0.4, -0.2) is 33.7 Å². The highest BCUT2D eigenvalue weighted by Gasteiger charge is 2.28. The van der Waals surface area contributed by atoms with E-state index in [-0.39, 0.29) is 11.0 Å². The van der Waals surface area contributed by atoms with Gasteiger partial charge >= 0.3 is 0 Å². The van der Waals surface area contributed by atoms with Gasteiger partial charge in [0.25, 0.3) is 0 Å². The summed E-state index contributed by atoms with van der Waals surface area (Å²) < 4.78 is 25.7. The van der Waals surface area contributed by atoms with Gasteiger partial charge in [-0.1, -0.05) is 0 Å². The lowest BCUT2D eigenvalue weighted by molar-refractivity contribution is 0.225. The van der Waals surface area contributed by atoms with Gasteiger partial charge in [0.15, 0.2) is 0 Å². The van der Waals surface area contributed by atoms with E-state index in [1.54, 1.807) is 4.68 Å². The van der Waals surface area contributed by atoms with E-state index in [9.17, 15) is 4.21 Å². The summed E-state index contributed by atoms with van der Waals surface area (Å²) in [7, 11) is -1.43. The third kappa shape index (κ3) is 1.83. The lowest BCUT2D eigenvalue weighted by Gasteiger charge is -2.08. The van der Waals surface area contributed by atoms with Gasteiger partial charge in [0.1, 0.15) is 20.9 Å². The van der Waals surface area contributed by atoms with Crippen LogP contribution in [0, 0.1) is 4.78 Å². The fourth-order valence-corrected chi connectivity index (χ4v) is 2.15. The van der Waals surface area contributed by atoms with Gasteiger partial charge in [-0.15, -0.1) is 0 Å². The van der Waals surface area contributed by atoms with Crippen LogP contribution in [-0.2, 0) is 16.5 Å². The molecule has 2 unspecified atom stereocenters. The molecule has 0 bridgehead atoms. The minimum atomic E-state index is -3.25. The number of hydrogen-bond donors (Lipinski definition) is 3. The Kier molecular flexibility index (Phi) is 2.41. The van der Waals surface area contributed by atoms with Crippen LogP contribution in [0.5, 0.6) is 5.88 Å². The molecule has 1 aromatic heterocycles. The first-order chi connectivity index (χ1) is 7.02. The van der Waals surface area contributed by atoms with E-state index in [4.69, 9.17) is 14.7 Å². The number of hydrogen-bond acceptors (Lipinski definition) is 5. The number of fused-ring (bicyclic) bond motifs is 1. The molecule has 7 nitrogen and oxygen atoms in total. The second-order valence-electron chi connectivity index (χ2n) is 3.39. The molecule has 2 rings (SSSR count). The standard InChI is InChI=1S/C7H13N5O2S/c1-10-2-5-4-12-7(14-5)6(3-11-12)15(8,9)13/h3,5,10H,2,4H2,1H3,(H3,8,9,13). The van der Waals surface area contributed by atoms with Crippen LogP contribution in [0.1, 0.15) is 0 Å². The van der Waals surface area contributed by atoms with E-state index < -0.39 is 9.92 Å². The normalized spacial score (nSPS) is 23.2. The number of nitrogens with one attached hydrogen (secondary N) is 2. The Labute approximate surface area is 87.7 Å². The number of ether oxygens (including phenoxy) is 1. The third-order valence-electron chi connectivity index (χ3n) is 2.17. The largest absolute Gasteiger partial charge is 0.470 e. The summed E-state index contributed by atoms with van der Waals surface area (Å²) in [4.78, 5) is 0.168. The van der Waals surface area contributed by atoms with Crippen molar-refractivity contribution >= 4 is 9.92 Å². The predicted octanol–water partition coefficient (Wildman–Crippen LogP) is -0.857. The van der Waals surface area contributed by atoms with Gasteiger partial charge in [-0.05, 0) is 7.05 Å². The Bertz CT molecular complexity index is 466. The van der Waals surface area contributed by atoms with Gasteiger partial charge in [-0.2, -0.15) is 5.10 Å². The van der Waals surface area contributed by atoms with Crippen LogP contribution >= 0.6 is 0 Å². The molecule has 8 heteroatoms. The number of rotatable bonds is 3. The topological polar surface area (TPSA) is 106 Å². The molecule has 2 heterocycles. The summed E-state index contributed by atoms with van der Waals surface area (Å²) in [5.74, 6) is 0.359. The van der Waals surface area contributed by atoms with Crippen molar-refractivity contribution in [1.82, 2.24) is 15.1 Å². The molecule has 0 aromatic carbocycles. The van der Waals surface area contributed by atoms with E-state index in [0.29, 0.717) is 19.0 Å². The fourth-order valence-electron chi connectivity index (χ4n) is 1.54. The first-order valence-corrected chi connectivity index (χ1v) is 6.08. The lowest BCUT2D eigenvalue weighted by atomic mass is 10.4. The van der Waals surface area contributed by atoms with Gasteiger partial charge < -0.3 is 10.1 Å². The zero-order valence-electron chi connectivity index (χ0n) is 8.27. The third-order valence-corrected chi connectivity index (χ3v) is 3.11. The maximum atomic E-state index is 11.4. The Hall–Kier alpha value is -1.12. The maximum Gasteiger partial charge on any atom is 0.231 e. The van der Waals surface area contributed by atoms with E-state index in [1.165, 1.54) is 6.20 Å². The Morgan fingerprint density at radius 3 is 3.27 bits per heavy atom. The number of likely N-dealkylation sites (N-methyl/N-ethyl adjacent to an activating group) is 1. The van der Waals surface area contributed by atoms with Gasteiger partial charge in [-0.3, -0.25) is 0 Å². The van der Waals surface area contributed by atoms with Crippen molar-refractivity contribution < 1.29 is 8.95 Å². The summed E-state index contributed by atoms with van der Waals surface area (Å²) in [6.07, 6.45) is 1.29. The summed E-state index contributed by atoms with van der Waals surface area (Å²) in [5.41, 5.74) is 0. The Morgan fingerprint density at radius 1 is 1.93 bits per heavy atom. The average molecular weight is 231 g/mol. The van der Waals surface area contributed by atoms with E-state index in [2.05, 4.69) is 10.4 Å². The molecular formula is C7H13N5O2S. The highest BCUT2D eigenvalue weighted by atomic mass is 32.2. The van der Waals surface area contributed by atoms with Crippen molar-refractivity contribution in [2.45, 2.75) is 17.5 Å². The average Bonchev–Trinajstić information content (AvgIpc) is 2.60. The lowest BCUT2D eigenvalue weighted by Crippen LogP contribution is -2.28. The Balaban J connectivity index is 2.29. The molecule has 0 fully saturated rings. The van der Waals surface area contributed by atoms with Gasteiger partial charge in [0.05, 0.1) is 12.7 Å². The van der Waals surface area contributed by atoms with Crippen LogP contribution in [0.15, 0.2) is 11.1 Å². The van der Waals surface area contributed by atoms with Crippen LogP contribution in [0.3, 0.4) is 0 Å². The molecule has 0 saturated carbocycles. The van der Waals surface area contributed by atoms with Crippen molar-refractivity contribution in [2.24, 2.45) is 5.14 Å². The fraction of sp³-hybridized carbons (Fsp3) is 0.571. The van der Waals surface area contributed by atoms with Gasteiger partial charge in [0, 0.05) is 6.54 Å². The van der Waals surface area contributed by atoms with Crippen molar-refractivity contribution in [3.05, 3.63) is 6.20 Å². The smallest absolute Gasteiger partial charge is 0.231 e. The quantitative estimate of drug-likeness (QED) is 0.629. The zero-order valence-corrected chi connectivity index (χ0v) is 9.08. The number of nitrogens with two attached hydrogens (primary N) is 1. The van der Waals surface area contributed by atoms with Gasteiger partial charge in [-0.25, -0.2) is 18.8 Å². The summed E-state index contributed by atoms with van der Waals surface area (Å²) in [6.45, 7) is 1.26. The van der Waals surface area contributed by atoms with Gasteiger partial charge in [0.2, 0.25) is 5.88 Å². The Morgan fingerprint density at radius 2 is 2.67 bits per heavy atom. The molecule has 0 amide bonds. The van der Waals surface area contributed by atoms with Crippen LogP contribution < -0.4 is 15.2 Å². The van der Waals surface area contributed by atoms with E-state index >= 15 is 0 Å². The van der Waals surface area contributed by atoms with Crippen molar-refractivity contribution in [3.63, 3.8) is 0 Å². The minimum Gasteiger partial charge on any atom is -0.470 e. The van der Waals surface area contributed by atoms with Crippen LogP contribution in [0.25, 0.3) is 0 Å². The maximum absolute atomic E-state index is 11.4. The molecule has 1 aromatic rings. The van der Waals surface area contributed by atoms with Crippen LogP contribution in [0.4, 0.5) is 0 Å². The highest BCUT2D eigenvalue weighted by molar-refractivity contribution is 7.90. The van der Waals surface area contributed by atoms with E-state index in [0.717, 1.165) is 0 Å². The molecule has 0 spiro atoms. The molecule has 4 N–H and O–H groups in total. The second kappa shape index (κ2) is 3.47. The minimum absolute atomic E-state index is 0.0424. The summed E-state index contributed by atoms with van der Waals surface area (Å²) in [5, 5.41) is 12.2. The molecule has 1 aliphatic heterocycles. The van der Waals surface area contributed by atoms with Crippen molar-refractivity contribution in [2.75, 3.05) is 13.6 Å². The second-order valence-corrected chi connectivity index (χ2v) is 5.04. The number of aromatic nitrogens is 2. The molecule has 2 atom stereocenters. The SMILES string of the molecule is CNCC1Cn2ncc(S(=N)(N)=O)c2O1. The molecule has 1 aliphatic rings. The van der Waals surface area contributed by atoms with Crippen molar-refractivity contribution in [3.8, 4) is 5.88 Å². The zero-order chi connectivity index (χ0) is 11.1. The summed E-state index contributed by atoms with van der Waals surface area (Å²) >= 11 is 0. The first kappa shape index (κ1) is 10.4. The molecule has 0 radical (unpaired) electrons. The van der Waals surface area contributed by atoms with Crippen LogP contribution in [0.2, 0.25) is 0 Å². The monoisotopic (exact) mass is 231 g/mol. The predicted molar refractivity (Wildman–Crippen MR) is 53.9 cm³/mol.